The molecule has 4 heteroatoms. The van der Waals surface area contributed by atoms with Crippen molar-refractivity contribution in [2.45, 2.75) is 67.5 Å². The quantitative estimate of drug-likeness (QED) is 0.769. The molecule has 0 radical (unpaired) electrons. The summed E-state index contributed by atoms with van der Waals surface area (Å²) in [5.74, 6) is 0. The van der Waals surface area contributed by atoms with Crippen molar-refractivity contribution < 1.29 is 14.1 Å². The fraction of sp³-hybridized carbons (Fsp3) is 1.00. The first-order valence-electron chi connectivity index (χ1n) is 6.75. The molecule has 3 nitrogen and oxygen atoms in total. The molecule has 0 aromatic heterocycles. The number of hydrogen-bond donors (Lipinski definition) is 1. The highest BCUT2D eigenvalue weighted by atomic mass is 32.2. The van der Waals surface area contributed by atoms with Gasteiger partial charge in [0.1, 0.15) is 0 Å². The molecule has 2 aliphatic heterocycles. The van der Waals surface area contributed by atoms with Crippen molar-refractivity contribution in [1.82, 2.24) is 0 Å². The number of methoxy groups -OCH3 is 1. The summed E-state index contributed by atoms with van der Waals surface area (Å²) >= 11 is 0. The van der Waals surface area contributed by atoms with Crippen LogP contribution in [-0.4, -0.2) is 39.1 Å². The monoisotopic (exact) mass is 260 g/mol. The summed E-state index contributed by atoms with van der Waals surface area (Å²) in [4.78, 5) is 0. The lowest BCUT2D eigenvalue weighted by Crippen LogP contribution is -2.49. The molecule has 0 aromatic rings. The topological polar surface area (TPSA) is 46.5 Å². The third-order valence-corrected chi connectivity index (χ3v) is 6.28. The first kappa shape index (κ1) is 13.5. The third kappa shape index (κ3) is 3.30. The Morgan fingerprint density at radius 1 is 1.29 bits per heavy atom. The predicted octanol–water partition coefficient (Wildman–Crippen LogP) is 2.00. The molecule has 0 aliphatic carbocycles. The first-order chi connectivity index (χ1) is 8.14. The van der Waals surface area contributed by atoms with Gasteiger partial charge in [0, 0.05) is 35.0 Å². The fourth-order valence-electron chi connectivity index (χ4n) is 3.28. The predicted molar refractivity (Wildman–Crippen MR) is 69.5 cm³/mol. The van der Waals surface area contributed by atoms with Gasteiger partial charge >= 0.3 is 0 Å². The van der Waals surface area contributed by atoms with E-state index in [1.807, 2.05) is 0 Å². The standard InChI is InChI=1S/C13H24O3S/c1-16-8-3-2-7-13(14)9-11-5-4-6-12(10-13)17(11)15/h11-12,14H,2-10H2,1H3. The number of aliphatic hydroxyl groups is 1. The lowest BCUT2D eigenvalue weighted by atomic mass is 9.82. The van der Waals surface area contributed by atoms with Crippen LogP contribution < -0.4 is 0 Å². The van der Waals surface area contributed by atoms with Crippen LogP contribution in [0.3, 0.4) is 0 Å². The molecule has 1 N–H and O–H groups in total. The van der Waals surface area contributed by atoms with Crippen molar-refractivity contribution in [3.05, 3.63) is 0 Å². The number of fused-ring (bicyclic) bond motifs is 2. The highest BCUT2D eigenvalue weighted by molar-refractivity contribution is 7.86. The highest BCUT2D eigenvalue weighted by Crippen LogP contribution is 2.41. The van der Waals surface area contributed by atoms with Gasteiger partial charge in [-0.05, 0) is 44.9 Å². The molecule has 2 heterocycles. The molecule has 2 aliphatic rings. The van der Waals surface area contributed by atoms with Crippen LogP contribution in [0.5, 0.6) is 0 Å². The molecule has 100 valence electrons. The lowest BCUT2D eigenvalue weighted by Gasteiger charge is -2.43. The van der Waals surface area contributed by atoms with E-state index in [1.165, 1.54) is 6.42 Å². The smallest absolute Gasteiger partial charge is 0.0670 e. The van der Waals surface area contributed by atoms with Crippen molar-refractivity contribution in [2.24, 2.45) is 0 Å². The lowest BCUT2D eigenvalue weighted by molar-refractivity contribution is -0.000272. The normalized spacial score (nSPS) is 41.4. The average molecular weight is 260 g/mol. The van der Waals surface area contributed by atoms with Gasteiger partial charge in [0.15, 0.2) is 0 Å². The van der Waals surface area contributed by atoms with Gasteiger partial charge in [-0.15, -0.1) is 0 Å². The van der Waals surface area contributed by atoms with E-state index in [4.69, 9.17) is 4.74 Å². The molecule has 2 rings (SSSR count). The molecular weight excluding hydrogens is 236 g/mol. The summed E-state index contributed by atoms with van der Waals surface area (Å²) in [5, 5.41) is 11.1. The van der Waals surface area contributed by atoms with Crippen LogP contribution in [0.2, 0.25) is 0 Å². The second-order valence-corrected chi connectivity index (χ2v) is 7.58. The Labute approximate surface area is 106 Å². The summed E-state index contributed by atoms with van der Waals surface area (Å²) in [7, 11) is 1.03. The fourth-order valence-corrected chi connectivity index (χ4v) is 5.57. The molecular formula is C13H24O3S. The van der Waals surface area contributed by atoms with Crippen molar-refractivity contribution in [3.63, 3.8) is 0 Å². The molecule has 0 spiro atoms. The second kappa shape index (κ2) is 5.81. The molecule has 2 atom stereocenters. The third-order valence-electron chi connectivity index (χ3n) is 4.17. The number of ether oxygens (including phenoxy) is 1. The van der Waals surface area contributed by atoms with E-state index >= 15 is 0 Å². The zero-order valence-corrected chi connectivity index (χ0v) is 11.5. The summed E-state index contributed by atoms with van der Waals surface area (Å²) in [6, 6.07) is 0. The van der Waals surface area contributed by atoms with Gasteiger partial charge in [-0.3, -0.25) is 4.21 Å². The molecule has 2 fully saturated rings. The van der Waals surface area contributed by atoms with E-state index in [2.05, 4.69) is 0 Å². The Hall–Kier alpha value is 0.0700. The summed E-state index contributed by atoms with van der Waals surface area (Å²) in [6.07, 6.45) is 7.66. The van der Waals surface area contributed by atoms with Gasteiger partial charge < -0.3 is 9.84 Å². The molecule has 17 heavy (non-hydrogen) atoms. The average Bonchev–Trinajstić information content (AvgIpc) is 2.27. The highest BCUT2D eigenvalue weighted by Gasteiger charge is 2.44. The minimum absolute atomic E-state index is 0.259. The van der Waals surface area contributed by atoms with Crippen molar-refractivity contribution in [3.8, 4) is 0 Å². The molecule has 2 saturated heterocycles. The van der Waals surface area contributed by atoms with Gasteiger partial charge in [0.2, 0.25) is 0 Å². The van der Waals surface area contributed by atoms with E-state index in [9.17, 15) is 9.32 Å². The Bertz CT molecular complexity index is 264. The van der Waals surface area contributed by atoms with Gasteiger partial charge in [-0.25, -0.2) is 0 Å². The number of rotatable bonds is 5. The second-order valence-electron chi connectivity index (χ2n) is 5.59. The van der Waals surface area contributed by atoms with Crippen LogP contribution in [0.15, 0.2) is 0 Å². The van der Waals surface area contributed by atoms with Gasteiger partial charge in [0.05, 0.1) is 5.60 Å². The Balaban J connectivity index is 1.86. The maximum atomic E-state index is 12.1. The summed E-state index contributed by atoms with van der Waals surface area (Å²) in [5.41, 5.74) is -0.544. The maximum absolute atomic E-state index is 12.1. The van der Waals surface area contributed by atoms with E-state index in [0.29, 0.717) is 0 Å². The van der Waals surface area contributed by atoms with Crippen molar-refractivity contribution in [2.75, 3.05) is 13.7 Å². The largest absolute Gasteiger partial charge is 0.390 e. The number of unbranched alkanes of at least 4 members (excludes halogenated alkanes) is 1. The van der Waals surface area contributed by atoms with Crippen LogP contribution in [0.25, 0.3) is 0 Å². The maximum Gasteiger partial charge on any atom is 0.0670 e. The Kier molecular flexibility index (Phi) is 4.61. The summed E-state index contributed by atoms with van der Waals surface area (Å²) in [6.45, 7) is 0.773. The van der Waals surface area contributed by atoms with Crippen LogP contribution in [-0.2, 0) is 15.5 Å². The van der Waals surface area contributed by atoms with E-state index < -0.39 is 16.4 Å². The zero-order valence-electron chi connectivity index (χ0n) is 10.7. The zero-order chi connectivity index (χ0) is 12.3. The molecule has 0 amide bonds. The van der Waals surface area contributed by atoms with Crippen LogP contribution in [0.4, 0.5) is 0 Å². The first-order valence-corrected chi connectivity index (χ1v) is 8.03. The van der Waals surface area contributed by atoms with Crippen LogP contribution in [0, 0.1) is 0 Å². The minimum Gasteiger partial charge on any atom is -0.390 e. The van der Waals surface area contributed by atoms with Gasteiger partial charge in [-0.1, -0.05) is 6.42 Å². The molecule has 2 unspecified atom stereocenters. The van der Waals surface area contributed by atoms with Crippen LogP contribution in [0.1, 0.15) is 51.4 Å². The molecule has 0 aromatic carbocycles. The van der Waals surface area contributed by atoms with E-state index in [1.54, 1.807) is 7.11 Å². The summed E-state index contributed by atoms with van der Waals surface area (Å²) < 4.78 is 17.1. The van der Waals surface area contributed by atoms with Crippen molar-refractivity contribution >= 4 is 10.8 Å². The SMILES string of the molecule is COCCCCC1(O)CC2CCCC(C1)S2=O. The Morgan fingerprint density at radius 2 is 1.94 bits per heavy atom. The molecule has 2 bridgehead atoms. The van der Waals surface area contributed by atoms with E-state index in [-0.39, 0.29) is 10.5 Å². The number of hydrogen-bond acceptors (Lipinski definition) is 3. The van der Waals surface area contributed by atoms with Crippen LogP contribution >= 0.6 is 0 Å². The van der Waals surface area contributed by atoms with Gasteiger partial charge in [-0.2, -0.15) is 0 Å². The van der Waals surface area contributed by atoms with Crippen molar-refractivity contribution in [1.29, 1.82) is 0 Å². The van der Waals surface area contributed by atoms with E-state index in [0.717, 1.165) is 51.6 Å². The Morgan fingerprint density at radius 3 is 2.53 bits per heavy atom. The van der Waals surface area contributed by atoms with Gasteiger partial charge in [0.25, 0.3) is 0 Å². The molecule has 0 saturated carbocycles. The minimum atomic E-state index is -0.676.